The molecule has 3 heterocycles. The van der Waals surface area contributed by atoms with Crippen LogP contribution in [-0.2, 0) is 20.8 Å². The quantitative estimate of drug-likeness (QED) is 0.577. The second-order valence-electron chi connectivity index (χ2n) is 9.20. The van der Waals surface area contributed by atoms with Gasteiger partial charge in [-0.15, -0.1) is 0 Å². The highest BCUT2D eigenvalue weighted by atomic mass is 35.5. The van der Waals surface area contributed by atoms with Crippen LogP contribution in [0.4, 0.5) is 15.3 Å². The molecule has 0 radical (unpaired) electrons. The fourth-order valence-electron chi connectivity index (χ4n) is 4.72. The van der Waals surface area contributed by atoms with Crippen molar-refractivity contribution < 1.29 is 28.8 Å². The van der Waals surface area contributed by atoms with E-state index in [1.807, 2.05) is 41.3 Å². The number of amides is 5. The van der Waals surface area contributed by atoms with Crippen LogP contribution in [0.5, 0.6) is 0 Å². The van der Waals surface area contributed by atoms with Gasteiger partial charge in [-0.25, -0.2) is 9.59 Å². The second-order valence-corrected chi connectivity index (χ2v) is 9.58. The molecule has 1 N–H and O–H groups in total. The van der Waals surface area contributed by atoms with Gasteiger partial charge in [-0.1, -0.05) is 53.1 Å². The Bertz CT molecular complexity index is 1210. The molecule has 0 spiro atoms. The molecule has 3 aliphatic rings. The SMILES string of the molecule is O=C(ON1C(=O)N[C@H](Cc2ccccc2)C1=O)N1CCN(c2cccc(C(=O)N3CCOCC3)c2Cl)CC1. The molecule has 0 saturated carbocycles. The lowest BCUT2D eigenvalue weighted by Crippen LogP contribution is -2.51. The van der Waals surface area contributed by atoms with Crippen LogP contribution in [0.15, 0.2) is 48.5 Å². The number of carbonyl (C=O) groups excluding carboxylic acids is 4. The molecule has 0 aromatic heterocycles. The molecule has 3 aliphatic heterocycles. The highest BCUT2D eigenvalue weighted by molar-refractivity contribution is 6.36. The van der Waals surface area contributed by atoms with Crippen molar-refractivity contribution in [1.29, 1.82) is 0 Å². The summed E-state index contributed by atoms with van der Waals surface area (Å²) in [5.41, 5.74) is 2.01. The summed E-state index contributed by atoms with van der Waals surface area (Å²) in [5.74, 6) is -0.749. The van der Waals surface area contributed by atoms with E-state index in [9.17, 15) is 19.2 Å². The zero-order valence-electron chi connectivity index (χ0n) is 20.7. The van der Waals surface area contributed by atoms with Gasteiger partial charge in [-0.2, -0.15) is 0 Å². The summed E-state index contributed by atoms with van der Waals surface area (Å²) >= 11 is 6.66. The van der Waals surface area contributed by atoms with E-state index in [0.29, 0.717) is 67.2 Å². The van der Waals surface area contributed by atoms with Gasteiger partial charge in [0.2, 0.25) is 0 Å². The molecule has 0 aliphatic carbocycles. The third kappa shape index (κ3) is 5.39. The topological polar surface area (TPSA) is 112 Å². The van der Waals surface area contributed by atoms with Crippen molar-refractivity contribution in [1.82, 2.24) is 20.2 Å². The fourth-order valence-corrected chi connectivity index (χ4v) is 5.04. The van der Waals surface area contributed by atoms with E-state index in [2.05, 4.69) is 5.32 Å². The third-order valence-corrected chi connectivity index (χ3v) is 7.22. The van der Waals surface area contributed by atoms with Gasteiger partial charge in [0.15, 0.2) is 0 Å². The summed E-state index contributed by atoms with van der Waals surface area (Å²) < 4.78 is 5.33. The Hall–Kier alpha value is -3.83. The van der Waals surface area contributed by atoms with Crippen LogP contribution in [0.25, 0.3) is 0 Å². The number of hydroxylamine groups is 2. The number of imide groups is 1. The molecule has 3 fully saturated rings. The van der Waals surface area contributed by atoms with E-state index in [4.69, 9.17) is 21.2 Å². The minimum Gasteiger partial charge on any atom is -0.378 e. The lowest BCUT2D eigenvalue weighted by Gasteiger charge is -2.36. The summed E-state index contributed by atoms with van der Waals surface area (Å²) in [6.07, 6.45) is -0.484. The van der Waals surface area contributed by atoms with Gasteiger partial charge in [-0.3, -0.25) is 9.59 Å². The van der Waals surface area contributed by atoms with Gasteiger partial charge < -0.3 is 29.6 Å². The number of carbonyl (C=O) groups is 4. The predicted molar refractivity (Wildman–Crippen MR) is 138 cm³/mol. The Kier molecular flexibility index (Phi) is 7.66. The zero-order valence-corrected chi connectivity index (χ0v) is 21.4. The Balaban J connectivity index is 1.17. The number of piperazine rings is 1. The van der Waals surface area contributed by atoms with E-state index in [1.165, 1.54) is 4.90 Å². The molecule has 1 atom stereocenters. The first-order valence-corrected chi connectivity index (χ1v) is 12.9. The number of nitrogens with zero attached hydrogens (tertiary/aromatic N) is 4. The number of hydrogen-bond acceptors (Lipinski definition) is 7. The van der Waals surface area contributed by atoms with Crippen molar-refractivity contribution in [3.63, 3.8) is 0 Å². The summed E-state index contributed by atoms with van der Waals surface area (Å²) in [5, 5.41) is 3.43. The lowest BCUT2D eigenvalue weighted by atomic mass is 10.1. The van der Waals surface area contributed by atoms with Gasteiger partial charge in [-0.05, 0) is 17.7 Å². The number of anilines is 1. The molecule has 200 valence electrons. The Labute approximate surface area is 224 Å². The first-order valence-electron chi connectivity index (χ1n) is 12.5. The standard InChI is InChI=1S/C26H28ClN5O6/c27-22-19(23(33)30-13-15-37-16-14-30)7-4-8-21(22)29-9-11-31(12-10-29)26(36)38-32-24(34)20(28-25(32)35)17-18-5-2-1-3-6-18/h1-8,20H,9-17H2,(H,28,35)/t20-/m1/s1. The van der Waals surface area contributed by atoms with E-state index in [0.717, 1.165) is 5.56 Å². The highest BCUT2D eigenvalue weighted by Crippen LogP contribution is 2.31. The van der Waals surface area contributed by atoms with Crippen LogP contribution in [0.2, 0.25) is 5.02 Å². The number of ether oxygens (including phenoxy) is 1. The van der Waals surface area contributed by atoms with Gasteiger partial charge in [0.25, 0.3) is 11.8 Å². The van der Waals surface area contributed by atoms with Gasteiger partial charge in [0.05, 0.1) is 29.5 Å². The highest BCUT2D eigenvalue weighted by Gasteiger charge is 2.42. The maximum absolute atomic E-state index is 13.0. The van der Waals surface area contributed by atoms with Crippen molar-refractivity contribution in [3.8, 4) is 0 Å². The van der Waals surface area contributed by atoms with Crippen LogP contribution in [0, 0.1) is 0 Å². The van der Waals surface area contributed by atoms with Gasteiger partial charge in [0.1, 0.15) is 6.04 Å². The smallest absolute Gasteiger partial charge is 0.378 e. The molecule has 5 amide bonds. The largest absolute Gasteiger partial charge is 0.434 e. The van der Waals surface area contributed by atoms with Crippen molar-refractivity contribution in [2.24, 2.45) is 0 Å². The number of benzene rings is 2. The van der Waals surface area contributed by atoms with Crippen LogP contribution in [-0.4, -0.2) is 97.3 Å². The molecule has 11 nitrogen and oxygen atoms in total. The Morgan fingerprint density at radius 1 is 0.921 bits per heavy atom. The number of rotatable bonds is 5. The Morgan fingerprint density at radius 3 is 2.34 bits per heavy atom. The average molecular weight is 542 g/mol. The predicted octanol–water partition coefficient (Wildman–Crippen LogP) is 2.15. The molecular weight excluding hydrogens is 514 g/mol. The molecule has 0 bridgehead atoms. The lowest BCUT2D eigenvalue weighted by molar-refractivity contribution is -0.151. The maximum Gasteiger partial charge on any atom is 0.434 e. The van der Waals surface area contributed by atoms with Crippen molar-refractivity contribution >= 4 is 41.2 Å². The Morgan fingerprint density at radius 2 is 1.63 bits per heavy atom. The third-order valence-electron chi connectivity index (χ3n) is 6.82. The molecule has 12 heteroatoms. The second kappa shape index (κ2) is 11.3. The molecule has 38 heavy (non-hydrogen) atoms. The number of halogens is 1. The number of hydrogen-bond donors (Lipinski definition) is 1. The van der Waals surface area contributed by atoms with E-state index >= 15 is 0 Å². The number of urea groups is 1. The zero-order chi connectivity index (χ0) is 26.6. The maximum atomic E-state index is 13.0. The number of morpholine rings is 1. The van der Waals surface area contributed by atoms with E-state index in [1.54, 1.807) is 17.0 Å². The normalized spacial score (nSPS) is 20.0. The summed E-state index contributed by atoms with van der Waals surface area (Å²) in [6.45, 7) is 3.47. The monoisotopic (exact) mass is 541 g/mol. The molecule has 5 rings (SSSR count). The van der Waals surface area contributed by atoms with Crippen LogP contribution in [0.3, 0.4) is 0 Å². The summed E-state index contributed by atoms with van der Waals surface area (Å²) in [4.78, 5) is 61.1. The molecule has 2 aromatic rings. The van der Waals surface area contributed by atoms with Crippen LogP contribution >= 0.6 is 11.6 Å². The minimum atomic E-state index is -0.802. The van der Waals surface area contributed by atoms with Crippen molar-refractivity contribution in [3.05, 3.63) is 64.7 Å². The molecular formula is C26H28ClN5O6. The summed E-state index contributed by atoms with van der Waals surface area (Å²) in [6, 6.07) is 13.0. The average Bonchev–Trinajstić information content (AvgIpc) is 3.21. The first-order chi connectivity index (χ1) is 18.4. The van der Waals surface area contributed by atoms with Crippen molar-refractivity contribution in [2.75, 3.05) is 57.4 Å². The number of nitrogens with one attached hydrogen (secondary N) is 1. The van der Waals surface area contributed by atoms with Gasteiger partial charge in [0, 0.05) is 45.7 Å². The van der Waals surface area contributed by atoms with Crippen LogP contribution < -0.4 is 10.2 Å². The van der Waals surface area contributed by atoms with Crippen molar-refractivity contribution in [2.45, 2.75) is 12.5 Å². The van der Waals surface area contributed by atoms with Gasteiger partial charge >= 0.3 is 12.1 Å². The molecule has 0 unspecified atom stereocenters. The molecule has 3 saturated heterocycles. The fraction of sp³-hybridized carbons (Fsp3) is 0.385. The summed E-state index contributed by atoms with van der Waals surface area (Å²) in [7, 11) is 0. The van der Waals surface area contributed by atoms with Crippen LogP contribution in [0.1, 0.15) is 15.9 Å². The molecule has 2 aromatic carbocycles. The van der Waals surface area contributed by atoms with E-state index in [-0.39, 0.29) is 19.0 Å². The first kappa shape index (κ1) is 25.8. The minimum absolute atomic E-state index is 0.138. The van der Waals surface area contributed by atoms with E-state index < -0.39 is 24.1 Å².